The van der Waals surface area contributed by atoms with E-state index in [0.717, 1.165) is 12.0 Å². The highest BCUT2D eigenvalue weighted by atomic mass is 16.4. The van der Waals surface area contributed by atoms with Crippen molar-refractivity contribution in [2.45, 2.75) is 31.2 Å². The van der Waals surface area contributed by atoms with Gasteiger partial charge in [0, 0.05) is 12.8 Å². The number of hydrogen-bond donors (Lipinski definition) is 2. The monoisotopic (exact) mass is 323 g/mol. The van der Waals surface area contributed by atoms with Crippen molar-refractivity contribution in [3.05, 3.63) is 71.8 Å². The number of nitrogens with one attached hydrogen (secondary N) is 1. The van der Waals surface area contributed by atoms with Gasteiger partial charge >= 0.3 is 5.97 Å². The lowest BCUT2D eigenvalue weighted by Crippen LogP contribution is -2.42. The smallest absolute Gasteiger partial charge is 0.326 e. The van der Waals surface area contributed by atoms with Gasteiger partial charge in [0.1, 0.15) is 6.04 Å². The second-order valence-corrected chi connectivity index (χ2v) is 6.37. The fraction of sp³-hybridized carbons (Fsp3) is 0.300. The molecular weight excluding hydrogens is 302 g/mol. The second-order valence-electron chi connectivity index (χ2n) is 6.37. The molecule has 0 heterocycles. The van der Waals surface area contributed by atoms with Crippen molar-refractivity contribution in [2.24, 2.45) is 5.92 Å². The van der Waals surface area contributed by atoms with Crippen LogP contribution < -0.4 is 5.32 Å². The number of benzene rings is 2. The van der Waals surface area contributed by atoms with Crippen molar-refractivity contribution >= 4 is 11.9 Å². The number of aliphatic carboxylic acids is 1. The van der Waals surface area contributed by atoms with E-state index in [-0.39, 0.29) is 5.91 Å². The summed E-state index contributed by atoms with van der Waals surface area (Å²) in [5.74, 6) is -0.433. The van der Waals surface area contributed by atoms with Crippen molar-refractivity contribution in [3.8, 4) is 0 Å². The number of amides is 1. The molecule has 1 amide bonds. The quantitative estimate of drug-likeness (QED) is 0.823. The van der Waals surface area contributed by atoms with E-state index in [0.29, 0.717) is 24.7 Å². The number of carboxylic acid groups (broad SMARTS) is 1. The molecule has 0 saturated heterocycles. The number of carboxylic acids is 1. The zero-order chi connectivity index (χ0) is 16.9. The molecule has 2 N–H and O–H groups in total. The first-order valence-corrected chi connectivity index (χ1v) is 8.24. The average Bonchev–Trinajstić information content (AvgIpc) is 3.35. The molecule has 124 valence electrons. The maximum atomic E-state index is 12.2. The first-order valence-electron chi connectivity index (χ1n) is 8.24. The van der Waals surface area contributed by atoms with Crippen molar-refractivity contribution < 1.29 is 14.7 Å². The maximum absolute atomic E-state index is 12.2. The highest BCUT2D eigenvalue weighted by Gasteiger charge is 2.39. The zero-order valence-corrected chi connectivity index (χ0v) is 13.4. The minimum Gasteiger partial charge on any atom is -0.480 e. The first-order chi connectivity index (χ1) is 11.6. The van der Waals surface area contributed by atoms with E-state index in [1.807, 2.05) is 48.5 Å². The van der Waals surface area contributed by atoms with Gasteiger partial charge in [-0.15, -0.1) is 0 Å². The van der Waals surface area contributed by atoms with Gasteiger partial charge in [-0.25, -0.2) is 4.79 Å². The van der Waals surface area contributed by atoms with Gasteiger partial charge in [0.2, 0.25) is 5.91 Å². The molecule has 2 aromatic carbocycles. The third-order valence-electron chi connectivity index (χ3n) is 4.51. The van der Waals surface area contributed by atoms with E-state index < -0.39 is 12.0 Å². The Labute approximate surface area is 141 Å². The lowest BCUT2D eigenvalue weighted by atomic mass is 10.1. The molecule has 4 nitrogen and oxygen atoms in total. The topological polar surface area (TPSA) is 66.4 Å². The van der Waals surface area contributed by atoms with Gasteiger partial charge in [-0.05, 0) is 29.4 Å². The fourth-order valence-corrected chi connectivity index (χ4v) is 3.12. The van der Waals surface area contributed by atoms with Crippen molar-refractivity contribution in [3.63, 3.8) is 0 Å². The molecule has 0 bridgehead atoms. The standard InChI is InChI=1S/C20H21NO3/c22-19(13-16-12-17(16)15-9-5-2-6-10-15)21-18(20(23)24)11-14-7-3-1-4-8-14/h1-10,16-18H,11-13H2,(H,21,22)(H,23,24)/t16-,17-,18?/m0/s1. The molecule has 3 atom stereocenters. The Morgan fingerprint density at radius 1 is 1.04 bits per heavy atom. The number of carbonyl (C=O) groups excluding carboxylic acids is 1. The van der Waals surface area contributed by atoms with E-state index in [1.165, 1.54) is 5.56 Å². The van der Waals surface area contributed by atoms with E-state index >= 15 is 0 Å². The summed E-state index contributed by atoms with van der Waals surface area (Å²) in [4.78, 5) is 23.6. The first kappa shape index (κ1) is 16.2. The van der Waals surface area contributed by atoms with Crippen LogP contribution >= 0.6 is 0 Å². The van der Waals surface area contributed by atoms with Crippen LogP contribution in [-0.2, 0) is 16.0 Å². The van der Waals surface area contributed by atoms with Crippen LogP contribution in [0.4, 0.5) is 0 Å². The van der Waals surface area contributed by atoms with Crippen molar-refractivity contribution in [1.29, 1.82) is 0 Å². The summed E-state index contributed by atoms with van der Waals surface area (Å²) in [6.07, 6.45) is 1.68. The Morgan fingerprint density at radius 2 is 1.67 bits per heavy atom. The Kier molecular flexibility index (Phi) is 4.94. The second kappa shape index (κ2) is 7.30. The van der Waals surface area contributed by atoms with Gasteiger partial charge in [-0.1, -0.05) is 60.7 Å². The maximum Gasteiger partial charge on any atom is 0.326 e. The van der Waals surface area contributed by atoms with Crippen LogP contribution in [0.25, 0.3) is 0 Å². The summed E-state index contributed by atoms with van der Waals surface area (Å²) in [5, 5.41) is 12.0. The highest BCUT2D eigenvalue weighted by Crippen LogP contribution is 2.49. The Bertz CT molecular complexity index is 699. The van der Waals surface area contributed by atoms with E-state index in [4.69, 9.17) is 0 Å². The molecule has 1 unspecified atom stereocenters. The lowest BCUT2D eigenvalue weighted by molar-refractivity contribution is -0.141. The van der Waals surface area contributed by atoms with E-state index in [1.54, 1.807) is 0 Å². The molecule has 1 aliphatic carbocycles. The van der Waals surface area contributed by atoms with Gasteiger partial charge in [-0.3, -0.25) is 4.79 Å². The fourth-order valence-electron chi connectivity index (χ4n) is 3.12. The molecule has 0 aromatic heterocycles. The van der Waals surface area contributed by atoms with Gasteiger partial charge in [-0.2, -0.15) is 0 Å². The van der Waals surface area contributed by atoms with Crippen molar-refractivity contribution in [2.75, 3.05) is 0 Å². The average molecular weight is 323 g/mol. The minimum absolute atomic E-state index is 0.179. The molecule has 0 radical (unpaired) electrons. The Hall–Kier alpha value is -2.62. The zero-order valence-electron chi connectivity index (χ0n) is 13.4. The van der Waals surface area contributed by atoms with Gasteiger partial charge in [0.05, 0.1) is 0 Å². The summed E-state index contributed by atoms with van der Waals surface area (Å²) in [6, 6.07) is 18.6. The van der Waals surface area contributed by atoms with Crippen LogP contribution in [0, 0.1) is 5.92 Å². The van der Waals surface area contributed by atoms with Crippen LogP contribution in [0.1, 0.15) is 29.9 Å². The third-order valence-corrected chi connectivity index (χ3v) is 4.51. The molecule has 3 rings (SSSR count). The normalized spacial score (nSPS) is 20.2. The largest absolute Gasteiger partial charge is 0.480 e. The molecule has 1 fully saturated rings. The summed E-state index contributed by atoms with van der Waals surface area (Å²) >= 11 is 0. The van der Waals surface area contributed by atoms with Crippen LogP contribution in [0.15, 0.2) is 60.7 Å². The molecule has 4 heteroatoms. The number of rotatable bonds is 7. The molecule has 1 saturated carbocycles. The Morgan fingerprint density at radius 3 is 2.29 bits per heavy atom. The SMILES string of the molecule is O=C(C[C@@H]1C[C@H]1c1ccccc1)NC(Cc1ccccc1)C(=O)O. The predicted octanol–water partition coefficient (Wildman–Crippen LogP) is 2.99. The molecular formula is C20H21NO3. The Balaban J connectivity index is 1.52. The molecule has 0 spiro atoms. The van der Waals surface area contributed by atoms with Gasteiger partial charge in [0.25, 0.3) is 0 Å². The van der Waals surface area contributed by atoms with Crippen molar-refractivity contribution in [1.82, 2.24) is 5.32 Å². The van der Waals surface area contributed by atoms with E-state index in [2.05, 4.69) is 17.4 Å². The lowest BCUT2D eigenvalue weighted by Gasteiger charge is -2.14. The van der Waals surface area contributed by atoms with Gasteiger partial charge < -0.3 is 10.4 Å². The predicted molar refractivity (Wildman–Crippen MR) is 91.6 cm³/mol. The molecule has 2 aromatic rings. The number of hydrogen-bond acceptors (Lipinski definition) is 2. The van der Waals surface area contributed by atoms with Gasteiger partial charge in [0.15, 0.2) is 0 Å². The van der Waals surface area contributed by atoms with Crippen LogP contribution in [0.3, 0.4) is 0 Å². The summed E-state index contributed by atoms with van der Waals surface area (Å²) in [5.41, 5.74) is 2.16. The summed E-state index contributed by atoms with van der Waals surface area (Å²) in [6.45, 7) is 0. The molecule has 0 aliphatic heterocycles. The highest BCUT2D eigenvalue weighted by molar-refractivity contribution is 5.84. The third kappa shape index (κ3) is 4.22. The molecule has 1 aliphatic rings. The number of carbonyl (C=O) groups is 2. The van der Waals surface area contributed by atoms with Crippen LogP contribution in [0.5, 0.6) is 0 Å². The van der Waals surface area contributed by atoms with Crippen LogP contribution in [0.2, 0.25) is 0 Å². The molecule has 24 heavy (non-hydrogen) atoms. The minimum atomic E-state index is -0.998. The summed E-state index contributed by atoms with van der Waals surface area (Å²) < 4.78 is 0. The van der Waals surface area contributed by atoms with Crippen LogP contribution in [-0.4, -0.2) is 23.0 Å². The summed E-state index contributed by atoms with van der Waals surface area (Å²) in [7, 11) is 0. The van der Waals surface area contributed by atoms with E-state index in [9.17, 15) is 14.7 Å².